The zero-order chi connectivity index (χ0) is 19.7. The van der Waals surface area contributed by atoms with Gasteiger partial charge in [0, 0.05) is 31.9 Å². The van der Waals surface area contributed by atoms with Crippen molar-refractivity contribution in [3.8, 4) is 5.75 Å². The smallest absolute Gasteiger partial charge is 0.280 e. The minimum atomic E-state index is -0.177. The average molecular weight is 444 g/mol. The van der Waals surface area contributed by atoms with Gasteiger partial charge in [-0.3, -0.25) is 14.4 Å². The number of fused-ring (bicyclic) bond motifs is 1. The number of ether oxygens (including phenoxy) is 1. The summed E-state index contributed by atoms with van der Waals surface area (Å²) < 4.78 is 7.84. The van der Waals surface area contributed by atoms with Gasteiger partial charge in [0.15, 0.2) is 10.8 Å². The van der Waals surface area contributed by atoms with Crippen LogP contribution in [0.25, 0.3) is 10.2 Å². The number of methoxy groups -OCH3 is 1. The fourth-order valence-corrected chi connectivity index (χ4v) is 4.03. The Morgan fingerprint density at radius 3 is 2.61 bits per heavy atom. The Bertz CT molecular complexity index is 986. The Balaban J connectivity index is 0.00000280. The Kier molecular flexibility index (Phi) is 7.28. The number of hydrogen-bond donors (Lipinski definition) is 0. The van der Waals surface area contributed by atoms with Gasteiger partial charge in [-0.1, -0.05) is 22.9 Å². The van der Waals surface area contributed by atoms with E-state index in [9.17, 15) is 4.79 Å². The summed E-state index contributed by atoms with van der Waals surface area (Å²) >= 11 is 7.72. The number of thiazole rings is 1. The molecular formula is C18H23Cl2N5O2S. The lowest BCUT2D eigenvalue weighted by Gasteiger charge is -2.21. The molecule has 0 unspecified atom stereocenters. The van der Waals surface area contributed by atoms with Gasteiger partial charge < -0.3 is 9.64 Å². The van der Waals surface area contributed by atoms with Crippen molar-refractivity contribution in [1.29, 1.82) is 0 Å². The average Bonchev–Trinajstić information content (AvgIpc) is 3.19. The lowest BCUT2D eigenvalue weighted by atomic mass is 10.2. The van der Waals surface area contributed by atoms with Crippen molar-refractivity contribution in [2.45, 2.75) is 6.92 Å². The first kappa shape index (κ1) is 22.4. The molecule has 0 saturated heterocycles. The van der Waals surface area contributed by atoms with E-state index in [2.05, 4.69) is 10.1 Å². The van der Waals surface area contributed by atoms with Gasteiger partial charge in [0.2, 0.25) is 0 Å². The maximum Gasteiger partial charge on any atom is 0.280 e. The van der Waals surface area contributed by atoms with E-state index in [0.717, 1.165) is 10.3 Å². The second-order valence-electron chi connectivity index (χ2n) is 6.52. The molecule has 0 N–H and O–H groups in total. The van der Waals surface area contributed by atoms with E-state index in [0.29, 0.717) is 40.2 Å². The number of rotatable bonds is 6. The first-order valence-electron chi connectivity index (χ1n) is 8.41. The molecule has 3 rings (SSSR count). The van der Waals surface area contributed by atoms with Crippen LogP contribution < -0.4 is 9.64 Å². The zero-order valence-electron chi connectivity index (χ0n) is 16.4. The van der Waals surface area contributed by atoms with Gasteiger partial charge in [0.05, 0.1) is 16.8 Å². The fourth-order valence-electron chi connectivity index (χ4n) is 2.75. The number of benzene rings is 1. The number of hydrogen-bond acceptors (Lipinski definition) is 6. The van der Waals surface area contributed by atoms with E-state index < -0.39 is 0 Å². The molecule has 10 heteroatoms. The molecule has 0 saturated carbocycles. The molecule has 2 heterocycles. The van der Waals surface area contributed by atoms with E-state index in [1.54, 1.807) is 35.9 Å². The monoisotopic (exact) mass is 443 g/mol. The van der Waals surface area contributed by atoms with Crippen LogP contribution in [0.5, 0.6) is 5.75 Å². The van der Waals surface area contributed by atoms with Gasteiger partial charge in [-0.05, 0) is 33.2 Å². The number of aryl methyl sites for hydroxylation is 2. The van der Waals surface area contributed by atoms with Gasteiger partial charge in [0.25, 0.3) is 5.91 Å². The minimum absolute atomic E-state index is 0. The van der Waals surface area contributed by atoms with Gasteiger partial charge >= 0.3 is 0 Å². The molecule has 0 bridgehead atoms. The summed E-state index contributed by atoms with van der Waals surface area (Å²) in [6.45, 7) is 3.06. The third-order valence-corrected chi connectivity index (χ3v) is 5.67. The minimum Gasteiger partial charge on any atom is -0.494 e. The normalized spacial score (nSPS) is 11.0. The molecule has 3 aromatic rings. The number of carbonyl (C=O) groups is 1. The van der Waals surface area contributed by atoms with Crippen LogP contribution in [0.1, 0.15) is 16.1 Å². The van der Waals surface area contributed by atoms with Gasteiger partial charge in [-0.15, -0.1) is 12.4 Å². The predicted molar refractivity (Wildman–Crippen MR) is 117 cm³/mol. The zero-order valence-corrected chi connectivity index (χ0v) is 18.8. The SMILES string of the molecule is COc1ccc(Cl)c2sc(N(CCN(C)C)C(=O)c3nn(C)cc3C)nc12.Cl. The van der Waals surface area contributed by atoms with Crippen molar-refractivity contribution >= 4 is 56.6 Å². The Morgan fingerprint density at radius 2 is 2.04 bits per heavy atom. The number of likely N-dealkylation sites (N-methyl/N-ethyl adjacent to an activating group) is 1. The number of aromatic nitrogens is 3. The van der Waals surface area contributed by atoms with Crippen molar-refractivity contribution in [1.82, 2.24) is 19.7 Å². The van der Waals surface area contributed by atoms with Crippen LogP contribution in [0.4, 0.5) is 5.13 Å². The molecule has 0 aliphatic rings. The molecular weight excluding hydrogens is 421 g/mol. The van der Waals surface area contributed by atoms with Crippen molar-refractivity contribution in [2.75, 3.05) is 39.2 Å². The molecule has 0 radical (unpaired) electrons. The van der Waals surface area contributed by atoms with E-state index >= 15 is 0 Å². The molecule has 7 nitrogen and oxygen atoms in total. The number of nitrogens with zero attached hydrogens (tertiary/aromatic N) is 5. The van der Waals surface area contributed by atoms with Crippen molar-refractivity contribution in [3.63, 3.8) is 0 Å². The molecule has 0 aliphatic carbocycles. The fraction of sp³-hybridized carbons (Fsp3) is 0.389. The quantitative estimate of drug-likeness (QED) is 0.581. The maximum atomic E-state index is 13.2. The molecule has 1 amide bonds. The second kappa shape index (κ2) is 9.09. The maximum absolute atomic E-state index is 13.2. The van der Waals surface area contributed by atoms with Crippen LogP contribution in [0, 0.1) is 6.92 Å². The Morgan fingerprint density at radius 1 is 1.32 bits per heavy atom. The lowest BCUT2D eigenvalue weighted by molar-refractivity contribution is 0.0979. The summed E-state index contributed by atoms with van der Waals surface area (Å²) in [6, 6.07) is 3.56. The third kappa shape index (κ3) is 4.41. The molecule has 152 valence electrons. The van der Waals surface area contributed by atoms with E-state index in [1.807, 2.05) is 32.1 Å². The highest BCUT2D eigenvalue weighted by atomic mass is 35.5. The number of halogens is 2. The van der Waals surface area contributed by atoms with Crippen LogP contribution in [0.15, 0.2) is 18.3 Å². The molecule has 2 aromatic heterocycles. The summed E-state index contributed by atoms with van der Waals surface area (Å²) in [4.78, 5) is 21.6. The highest BCUT2D eigenvalue weighted by molar-refractivity contribution is 7.23. The standard InChI is InChI=1S/C18H22ClN5O2S.ClH/c1-11-10-23(4)21-14(11)17(25)24(9-8-22(2)3)18-20-15-13(26-5)7-6-12(19)16(15)27-18;/h6-7,10H,8-9H2,1-5H3;1H. The highest BCUT2D eigenvalue weighted by Gasteiger charge is 2.26. The predicted octanol–water partition coefficient (Wildman–Crippen LogP) is 3.63. The van der Waals surface area contributed by atoms with Crippen LogP contribution in [-0.2, 0) is 7.05 Å². The molecule has 0 aliphatic heterocycles. The van der Waals surface area contributed by atoms with E-state index in [1.165, 1.54) is 11.3 Å². The van der Waals surface area contributed by atoms with Crippen LogP contribution in [-0.4, -0.2) is 59.9 Å². The Hall–Kier alpha value is -1.87. The summed E-state index contributed by atoms with van der Waals surface area (Å²) in [5, 5.41) is 5.49. The van der Waals surface area contributed by atoms with Gasteiger partial charge in [0.1, 0.15) is 11.3 Å². The van der Waals surface area contributed by atoms with Crippen molar-refractivity contribution < 1.29 is 9.53 Å². The molecule has 0 spiro atoms. The molecule has 0 fully saturated rings. The third-order valence-electron chi connectivity index (χ3n) is 4.13. The van der Waals surface area contributed by atoms with Gasteiger partial charge in [-0.2, -0.15) is 5.10 Å². The van der Waals surface area contributed by atoms with E-state index in [4.69, 9.17) is 16.3 Å². The van der Waals surface area contributed by atoms with Crippen LogP contribution >= 0.6 is 35.3 Å². The topological polar surface area (TPSA) is 63.5 Å². The number of carbonyl (C=O) groups excluding carboxylic acids is 1. The van der Waals surface area contributed by atoms with E-state index in [-0.39, 0.29) is 18.3 Å². The van der Waals surface area contributed by atoms with Crippen molar-refractivity contribution in [2.24, 2.45) is 7.05 Å². The summed E-state index contributed by atoms with van der Waals surface area (Å²) in [7, 11) is 7.32. The lowest BCUT2D eigenvalue weighted by Crippen LogP contribution is -2.37. The van der Waals surface area contributed by atoms with Gasteiger partial charge in [-0.25, -0.2) is 4.98 Å². The van der Waals surface area contributed by atoms with Crippen LogP contribution in [0.2, 0.25) is 5.02 Å². The highest BCUT2D eigenvalue weighted by Crippen LogP contribution is 2.39. The number of anilines is 1. The summed E-state index contributed by atoms with van der Waals surface area (Å²) in [6.07, 6.45) is 1.83. The summed E-state index contributed by atoms with van der Waals surface area (Å²) in [5.74, 6) is 0.454. The molecule has 28 heavy (non-hydrogen) atoms. The second-order valence-corrected chi connectivity index (χ2v) is 7.90. The summed E-state index contributed by atoms with van der Waals surface area (Å²) in [5.41, 5.74) is 1.91. The molecule has 1 aromatic carbocycles. The first-order valence-corrected chi connectivity index (χ1v) is 9.61. The largest absolute Gasteiger partial charge is 0.494 e. The van der Waals surface area contributed by atoms with Crippen molar-refractivity contribution in [3.05, 3.63) is 34.6 Å². The first-order chi connectivity index (χ1) is 12.8. The Labute approximate surface area is 179 Å². The molecule has 0 atom stereocenters. The van der Waals surface area contributed by atoms with Crippen LogP contribution in [0.3, 0.4) is 0 Å². The number of amides is 1.